The smallest absolute Gasteiger partial charge is 0.220 e. The first-order chi connectivity index (χ1) is 35.6. The Morgan fingerprint density at radius 1 is 0.479 bits per heavy atom. The monoisotopic (exact) mass is 1040 g/mol. The number of hydrogen-bond acceptors (Lipinski definition) is 13. The maximum Gasteiger partial charge on any atom is 0.220 e. The number of unbranched alkanes of at least 4 members (excludes halogenated alkanes) is 30. The molecule has 0 saturated carbocycles. The summed E-state index contributed by atoms with van der Waals surface area (Å²) in [6.07, 6.45) is 37.6. The summed E-state index contributed by atoms with van der Waals surface area (Å²) in [5, 5.41) is 87.0. The summed E-state index contributed by atoms with van der Waals surface area (Å²) in [6.45, 7) is 2.78. The van der Waals surface area contributed by atoms with Gasteiger partial charge in [-0.2, -0.15) is 0 Å². The largest absolute Gasteiger partial charge is 0.394 e. The molecular weight excluding hydrogens is 931 g/mol. The molecule has 14 heteroatoms. The number of aliphatic hydroxyl groups is 8. The summed E-state index contributed by atoms with van der Waals surface area (Å²) >= 11 is 0. The molecule has 73 heavy (non-hydrogen) atoms. The molecule has 2 heterocycles. The van der Waals surface area contributed by atoms with Crippen LogP contribution in [0.15, 0.2) is 36.5 Å². The van der Waals surface area contributed by atoms with Crippen LogP contribution in [-0.2, 0) is 23.7 Å². The van der Waals surface area contributed by atoms with Crippen LogP contribution in [0, 0.1) is 0 Å². The average molecular weight is 1040 g/mol. The Hall–Kier alpha value is -1.79. The van der Waals surface area contributed by atoms with Crippen molar-refractivity contribution in [1.82, 2.24) is 5.32 Å². The third kappa shape index (κ3) is 31.3. The van der Waals surface area contributed by atoms with Gasteiger partial charge < -0.3 is 65.1 Å². The van der Waals surface area contributed by atoms with E-state index >= 15 is 0 Å². The Balaban J connectivity index is 1.74. The number of amides is 1. The average Bonchev–Trinajstić information content (AvgIpc) is 3.39. The molecule has 0 aromatic heterocycles. The molecule has 0 spiro atoms. The lowest BCUT2D eigenvalue weighted by atomic mass is 9.97. The number of allylic oxidation sites excluding steroid dienone is 5. The first-order valence-corrected chi connectivity index (χ1v) is 29.7. The third-order valence-corrected chi connectivity index (χ3v) is 14.5. The van der Waals surface area contributed by atoms with Crippen molar-refractivity contribution < 1.29 is 64.6 Å². The van der Waals surface area contributed by atoms with Gasteiger partial charge in [-0.1, -0.05) is 211 Å². The molecule has 2 saturated heterocycles. The minimum absolute atomic E-state index is 0.248. The lowest BCUT2D eigenvalue weighted by molar-refractivity contribution is -0.359. The van der Waals surface area contributed by atoms with Gasteiger partial charge in [0, 0.05) is 6.42 Å². The highest BCUT2D eigenvalue weighted by atomic mass is 16.7. The fourth-order valence-corrected chi connectivity index (χ4v) is 9.71. The molecule has 0 aliphatic carbocycles. The molecular formula is C59H109NO13. The van der Waals surface area contributed by atoms with Crippen LogP contribution < -0.4 is 5.32 Å². The van der Waals surface area contributed by atoms with E-state index in [9.17, 15) is 45.6 Å². The molecule has 0 bridgehead atoms. The maximum atomic E-state index is 13.2. The van der Waals surface area contributed by atoms with E-state index < -0.39 is 86.8 Å². The molecule has 0 aromatic rings. The van der Waals surface area contributed by atoms with Crippen molar-refractivity contribution in [2.24, 2.45) is 0 Å². The number of aliphatic hydroxyl groups excluding tert-OH is 8. The van der Waals surface area contributed by atoms with Crippen molar-refractivity contribution in [1.29, 1.82) is 0 Å². The second kappa shape index (κ2) is 45.3. The topological polar surface area (TPSA) is 228 Å². The number of hydrogen-bond donors (Lipinski definition) is 9. The maximum absolute atomic E-state index is 13.2. The zero-order chi connectivity index (χ0) is 53.2. The summed E-state index contributed by atoms with van der Waals surface area (Å²) < 4.78 is 22.7. The molecule has 1 amide bonds. The quantitative estimate of drug-likeness (QED) is 0.0205. The lowest BCUT2D eigenvalue weighted by Gasteiger charge is -2.46. The normalized spacial score (nSPS) is 25.6. The van der Waals surface area contributed by atoms with Crippen LogP contribution >= 0.6 is 0 Å². The van der Waals surface area contributed by atoms with Crippen molar-refractivity contribution in [3.8, 4) is 0 Å². The number of ether oxygens (including phenoxy) is 4. The van der Waals surface area contributed by atoms with Gasteiger partial charge in [-0.3, -0.25) is 4.79 Å². The summed E-state index contributed by atoms with van der Waals surface area (Å²) in [5.74, 6) is -0.248. The van der Waals surface area contributed by atoms with Gasteiger partial charge in [0.05, 0.1) is 32.0 Å². The van der Waals surface area contributed by atoms with Gasteiger partial charge >= 0.3 is 0 Å². The van der Waals surface area contributed by atoms with Gasteiger partial charge in [0.1, 0.15) is 48.8 Å². The van der Waals surface area contributed by atoms with E-state index in [1.54, 1.807) is 6.08 Å². The first-order valence-electron chi connectivity index (χ1n) is 29.7. The summed E-state index contributed by atoms with van der Waals surface area (Å²) in [6, 6.07) is -0.929. The molecule has 2 aliphatic heterocycles. The molecule has 14 nitrogen and oxygen atoms in total. The first kappa shape index (κ1) is 67.3. The van der Waals surface area contributed by atoms with Gasteiger partial charge in [-0.25, -0.2) is 0 Å². The highest BCUT2D eigenvalue weighted by Gasteiger charge is 2.51. The second-order valence-electron chi connectivity index (χ2n) is 21.1. The van der Waals surface area contributed by atoms with Crippen LogP contribution in [0.2, 0.25) is 0 Å². The predicted molar refractivity (Wildman–Crippen MR) is 291 cm³/mol. The fraction of sp³-hybridized carbons (Fsp3) is 0.881. The molecule has 2 rings (SSSR count). The highest BCUT2D eigenvalue weighted by molar-refractivity contribution is 5.76. The van der Waals surface area contributed by atoms with Crippen molar-refractivity contribution in [3.05, 3.63) is 36.5 Å². The summed E-state index contributed by atoms with van der Waals surface area (Å²) in [7, 11) is 0. The Labute approximate surface area is 442 Å². The zero-order valence-electron chi connectivity index (χ0n) is 45.9. The predicted octanol–water partition coefficient (Wildman–Crippen LogP) is 9.83. The van der Waals surface area contributed by atoms with Gasteiger partial charge in [0.25, 0.3) is 0 Å². The standard InChI is InChI=1S/C59H109NO13/c1-3-5-7-9-11-13-15-17-19-20-21-22-23-24-25-26-27-28-29-31-33-35-37-39-41-43-51(64)60-47(48(63)42-40-38-36-34-32-30-18-16-14-12-10-8-6-4-2)46-70-58-56(69)54(67)57(50(45-62)72-58)73-59-55(68)53(66)52(65)49(44-61)71-59/h20-21,32,34,40,42,47-50,52-59,61-63,65-69H,3-19,22-31,33,35-39,41,43-46H2,1-2H3,(H,60,64)/b21-20-,34-32+,42-40+. The van der Waals surface area contributed by atoms with Gasteiger partial charge in [0.15, 0.2) is 12.6 Å². The number of nitrogens with one attached hydrogen (secondary N) is 1. The van der Waals surface area contributed by atoms with E-state index in [-0.39, 0.29) is 18.9 Å². The molecule has 0 radical (unpaired) electrons. The Morgan fingerprint density at radius 3 is 1.34 bits per heavy atom. The molecule has 9 N–H and O–H groups in total. The van der Waals surface area contributed by atoms with Crippen LogP contribution in [0.3, 0.4) is 0 Å². The fourth-order valence-electron chi connectivity index (χ4n) is 9.71. The third-order valence-electron chi connectivity index (χ3n) is 14.5. The van der Waals surface area contributed by atoms with E-state index in [1.165, 1.54) is 173 Å². The second-order valence-corrected chi connectivity index (χ2v) is 21.1. The Morgan fingerprint density at radius 2 is 0.877 bits per heavy atom. The van der Waals surface area contributed by atoms with Crippen molar-refractivity contribution in [3.63, 3.8) is 0 Å². The van der Waals surface area contributed by atoms with Gasteiger partial charge in [-0.05, 0) is 57.8 Å². The minimum Gasteiger partial charge on any atom is -0.394 e. The molecule has 0 aromatic carbocycles. The van der Waals surface area contributed by atoms with Crippen LogP contribution in [-0.4, -0.2) is 140 Å². The van der Waals surface area contributed by atoms with E-state index in [1.807, 2.05) is 6.08 Å². The Bertz CT molecular complexity index is 1370. The van der Waals surface area contributed by atoms with Crippen LogP contribution in [0.25, 0.3) is 0 Å². The van der Waals surface area contributed by atoms with Gasteiger partial charge in [-0.15, -0.1) is 0 Å². The van der Waals surface area contributed by atoms with Crippen LogP contribution in [0.1, 0.15) is 239 Å². The zero-order valence-corrected chi connectivity index (χ0v) is 45.9. The number of carbonyl (C=O) groups is 1. The van der Waals surface area contributed by atoms with Crippen molar-refractivity contribution >= 4 is 5.91 Å². The molecule has 12 atom stereocenters. The molecule has 2 fully saturated rings. The van der Waals surface area contributed by atoms with Crippen molar-refractivity contribution in [2.75, 3.05) is 19.8 Å². The van der Waals surface area contributed by atoms with E-state index in [0.717, 1.165) is 32.1 Å². The molecule has 428 valence electrons. The minimum atomic E-state index is -1.79. The lowest BCUT2D eigenvalue weighted by Crippen LogP contribution is -2.65. The van der Waals surface area contributed by atoms with Crippen molar-refractivity contribution in [2.45, 2.75) is 312 Å². The summed E-state index contributed by atoms with van der Waals surface area (Å²) in [5.41, 5.74) is 0. The van der Waals surface area contributed by atoms with E-state index in [4.69, 9.17) is 18.9 Å². The molecule has 12 unspecified atom stereocenters. The molecule has 2 aliphatic rings. The number of carbonyl (C=O) groups excluding carboxylic acids is 1. The van der Waals surface area contributed by atoms with Crippen LogP contribution in [0.5, 0.6) is 0 Å². The van der Waals surface area contributed by atoms with Gasteiger partial charge in [0.2, 0.25) is 5.91 Å². The SMILES string of the molecule is CCCCCCCCCC/C=C\CCCCCCCCCCCCCCCC(=O)NC(COC1OC(CO)C(OC2OC(CO)C(O)C(O)C2O)C(O)C1O)C(O)/C=C/CC/C=C/CCCCCCCCCC. The Kier molecular flexibility index (Phi) is 41.7. The van der Waals surface area contributed by atoms with E-state index in [0.29, 0.717) is 12.8 Å². The number of rotatable bonds is 47. The van der Waals surface area contributed by atoms with Crippen LogP contribution in [0.4, 0.5) is 0 Å². The summed E-state index contributed by atoms with van der Waals surface area (Å²) in [4.78, 5) is 13.2. The van der Waals surface area contributed by atoms with E-state index in [2.05, 4.69) is 43.5 Å². The highest BCUT2D eigenvalue weighted by Crippen LogP contribution is 2.30.